The average Bonchev–Trinajstić information content (AvgIpc) is 2.99. The Labute approximate surface area is 114 Å². The molecule has 0 aliphatic rings. The van der Waals surface area contributed by atoms with Crippen LogP contribution in [0.25, 0.3) is 4.96 Å². The summed E-state index contributed by atoms with van der Waals surface area (Å²) in [4.78, 5) is 18.9. The molecule has 1 amide bonds. The summed E-state index contributed by atoms with van der Waals surface area (Å²) in [6, 6.07) is 9.88. The molecule has 1 aromatic carbocycles. The van der Waals surface area contributed by atoms with Crippen molar-refractivity contribution in [2.24, 2.45) is 0 Å². The zero-order valence-corrected chi connectivity index (χ0v) is 11.2. The molecule has 0 aliphatic carbocycles. The summed E-state index contributed by atoms with van der Waals surface area (Å²) < 4.78 is 1.62. The Hall–Kier alpha value is -2.21. The molecule has 0 saturated carbocycles. The Morgan fingerprint density at radius 1 is 1.37 bits per heavy atom. The van der Waals surface area contributed by atoms with Crippen LogP contribution in [0.3, 0.4) is 0 Å². The number of imidazole rings is 1. The van der Waals surface area contributed by atoms with Crippen LogP contribution in [-0.4, -0.2) is 32.5 Å². The van der Waals surface area contributed by atoms with Crippen LogP contribution in [0.15, 0.2) is 42.0 Å². The predicted molar refractivity (Wildman–Crippen MR) is 73.1 cm³/mol. The zero-order valence-electron chi connectivity index (χ0n) is 10.4. The fourth-order valence-corrected chi connectivity index (χ4v) is 2.47. The van der Waals surface area contributed by atoms with Gasteiger partial charge in [0.2, 0.25) is 4.96 Å². The van der Waals surface area contributed by atoms with Crippen LogP contribution in [0.2, 0.25) is 0 Å². The van der Waals surface area contributed by atoms with E-state index in [1.807, 2.05) is 30.3 Å². The fraction of sp³-hybridized carbons (Fsp3) is 0.154. The van der Waals surface area contributed by atoms with Crippen molar-refractivity contribution in [2.45, 2.75) is 6.54 Å². The molecule has 0 fully saturated rings. The van der Waals surface area contributed by atoms with E-state index >= 15 is 0 Å². The van der Waals surface area contributed by atoms with Gasteiger partial charge in [-0.25, -0.2) is 9.50 Å². The minimum Gasteiger partial charge on any atom is -0.336 e. The molecule has 2 heterocycles. The number of benzene rings is 1. The Morgan fingerprint density at radius 2 is 2.16 bits per heavy atom. The quantitative estimate of drug-likeness (QED) is 0.733. The molecule has 0 unspecified atom stereocenters. The first-order chi connectivity index (χ1) is 9.24. The van der Waals surface area contributed by atoms with Crippen molar-refractivity contribution in [3.05, 3.63) is 53.3 Å². The van der Waals surface area contributed by atoms with Gasteiger partial charge in [-0.1, -0.05) is 41.7 Å². The van der Waals surface area contributed by atoms with Crippen molar-refractivity contribution in [2.75, 3.05) is 7.05 Å². The van der Waals surface area contributed by atoms with Gasteiger partial charge in [-0.05, 0) is 5.56 Å². The van der Waals surface area contributed by atoms with Crippen molar-refractivity contribution in [3.63, 3.8) is 0 Å². The molecule has 0 atom stereocenters. The third kappa shape index (κ3) is 2.34. The van der Waals surface area contributed by atoms with Gasteiger partial charge in [0.05, 0.1) is 6.20 Å². The van der Waals surface area contributed by atoms with Crippen molar-refractivity contribution in [3.8, 4) is 0 Å². The summed E-state index contributed by atoms with van der Waals surface area (Å²) in [7, 11) is 1.77. The van der Waals surface area contributed by atoms with E-state index in [9.17, 15) is 4.79 Å². The summed E-state index contributed by atoms with van der Waals surface area (Å²) in [5.41, 5.74) is 3.22. The smallest absolute Gasteiger partial charge is 0.274 e. The van der Waals surface area contributed by atoms with Gasteiger partial charge in [0.25, 0.3) is 5.91 Å². The molecule has 0 N–H and O–H groups in total. The lowest BCUT2D eigenvalue weighted by atomic mass is 10.2. The lowest BCUT2D eigenvalue weighted by molar-refractivity contribution is 0.0780. The molecule has 3 rings (SSSR count). The Bertz CT molecular complexity index is 675. The van der Waals surface area contributed by atoms with E-state index in [1.165, 1.54) is 11.3 Å². The van der Waals surface area contributed by atoms with Gasteiger partial charge in [0.1, 0.15) is 11.2 Å². The molecule has 0 saturated heterocycles. The number of hydrogen-bond donors (Lipinski definition) is 0. The van der Waals surface area contributed by atoms with E-state index in [0.29, 0.717) is 12.2 Å². The molecule has 96 valence electrons. The topological polar surface area (TPSA) is 50.5 Å². The molecule has 0 aliphatic heterocycles. The molecule has 19 heavy (non-hydrogen) atoms. The number of amides is 1. The number of aromatic nitrogens is 3. The van der Waals surface area contributed by atoms with E-state index in [1.54, 1.807) is 28.2 Å². The third-order valence-electron chi connectivity index (χ3n) is 2.81. The van der Waals surface area contributed by atoms with Crippen molar-refractivity contribution in [1.82, 2.24) is 19.5 Å². The SMILES string of the molecule is CN(Cc1ccccc1)C(=O)c1cn2ncsc2n1. The molecule has 2 aromatic heterocycles. The average molecular weight is 272 g/mol. The molecule has 0 bridgehead atoms. The molecular weight excluding hydrogens is 260 g/mol. The number of fused-ring (bicyclic) bond motifs is 1. The fourth-order valence-electron chi connectivity index (χ4n) is 1.87. The van der Waals surface area contributed by atoms with Gasteiger partial charge < -0.3 is 4.90 Å². The van der Waals surface area contributed by atoms with Crippen LogP contribution in [0.1, 0.15) is 16.1 Å². The maximum absolute atomic E-state index is 12.2. The van der Waals surface area contributed by atoms with Crippen molar-refractivity contribution < 1.29 is 4.79 Å². The summed E-state index contributed by atoms with van der Waals surface area (Å²) >= 11 is 1.41. The number of rotatable bonds is 3. The van der Waals surface area contributed by atoms with E-state index in [-0.39, 0.29) is 5.91 Å². The van der Waals surface area contributed by atoms with Gasteiger partial charge in [-0.2, -0.15) is 5.10 Å². The predicted octanol–water partition coefficient (Wildman–Crippen LogP) is 2.06. The molecule has 5 nitrogen and oxygen atoms in total. The zero-order chi connectivity index (χ0) is 13.2. The van der Waals surface area contributed by atoms with Gasteiger partial charge in [0, 0.05) is 13.6 Å². The highest BCUT2D eigenvalue weighted by molar-refractivity contribution is 7.14. The number of hydrogen-bond acceptors (Lipinski definition) is 4. The van der Waals surface area contributed by atoms with Crippen LogP contribution in [-0.2, 0) is 6.54 Å². The second-order valence-electron chi connectivity index (χ2n) is 4.24. The first-order valence-corrected chi connectivity index (χ1v) is 6.70. The lowest BCUT2D eigenvalue weighted by Gasteiger charge is -2.15. The van der Waals surface area contributed by atoms with Gasteiger partial charge in [-0.3, -0.25) is 4.79 Å². The van der Waals surface area contributed by atoms with Crippen molar-refractivity contribution >= 4 is 22.2 Å². The summed E-state index contributed by atoms with van der Waals surface area (Å²) in [6.45, 7) is 0.568. The second kappa shape index (κ2) is 4.81. The first-order valence-electron chi connectivity index (χ1n) is 5.82. The van der Waals surface area contributed by atoms with E-state index in [2.05, 4.69) is 10.1 Å². The Balaban J connectivity index is 1.78. The highest BCUT2D eigenvalue weighted by atomic mass is 32.1. The Morgan fingerprint density at radius 3 is 2.89 bits per heavy atom. The number of carbonyl (C=O) groups excluding carboxylic acids is 1. The van der Waals surface area contributed by atoms with Crippen LogP contribution in [0, 0.1) is 0 Å². The van der Waals surface area contributed by atoms with E-state index < -0.39 is 0 Å². The monoisotopic (exact) mass is 272 g/mol. The highest BCUT2D eigenvalue weighted by Gasteiger charge is 2.16. The summed E-state index contributed by atoms with van der Waals surface area (Å²) in [5.74, 6) is -0.0958. The minimum absolute atomic E-state index is 0.0958. The first kappa shape index (κ1) is 11.9. The van der Waals surface area contributed by atoms with E-state index in [0.717, 1.165) is 10.5 Å². The molecule has 0 spiro atoms. The third-order valence-corrected chi connectivity index (χ3v) is 3.50. The van der Waals surface area contributed by atoms with Crippen LogP contribution in [0.4, 0.5) is 0 Å². The maximum Gasteiger partial charge on any atom is 0.274 e. The standard InChI is InChI=1S/C13H12N4OS/c1-16(7-10-5-3-2-4-6-10)12(18)11-8-17-13(15-11)19-9-14-17/h2-6,8-9H,7H2,1H3. The van der Waals surface area contributed by atoms with Crippen LogP contribution < -0.4 is 0 Å². The lowest BCUT2D eigenvalue weighted by Crippen LogP contribution is -2.26. The largest absolute Gasteiger partial charge is 0.336 e. The number of carbonyl (C=O) groups is 1. The van der Waals surface area contributed by atoms with Crippen molar-refractivity contribution in [1.29, 1.82) is 0 Å². The van der Waals surface area contributed by atoms with Gasteiger partial charge in [0.15, 0.2) is 0 Å². The second-order valence-corrected chi connectivity index (χ2v) is 5.05. The Kier molecular flexibility index (Phi) is 3.00. The van der Waals surface area contributed by atoms with Crippen LogP contribution >= 0.6 is 11.3 Å². The molecular formula is C13H12N4OS. The molecule has 3 aromatic rings. The van der Waals surface area contributed by atoms with Gasteiger partial charge >= 0.3 is 0 Å². The van der Waals surface area contributed by atoms with E-state index in [4.69, 9.17) is 0 Å². The summed E-state index contributed by atoms with van der Waals surface area (Å²) in [6.07, 6.45) is 1.66. The summed E-state index contributed by atoms with van der Waals surface area (Å²) in [5, 5.41) is 4.07. The van der Waals surface area contributed by atoms with Gasteiger partial charge in [-0.15, -0.1) is 0 Å². The molecule has 6 heteroatoms. The highest BCUT2D eigenvalue weighted by Crippen LogP contribution is 2.11. The molecule has 0 radical (unpaired) electrons. The normalized spacial score (nSPS) is 10.8. The minimum atomic E-state index is -0.0958. The number of nitrogens with zero attached hydrogens (tertiary/aromatic N) is 4. The van der Waals surface area contributed by atoms with Crippen LogP contribution in [0.5, 0.6) is 0 Å². The maximum atomic E-state index is 12.2.